The van der Waals surface area contributed by atoms with Gasteiger partial charge in [0.15, 0.2) is 0 Å². The number of carbonyl (C=O) groups excluding carboxylic acids is 1. The summed E-state index contributed by atoms with van der Waals surface area (Å²) in [6.07, 6.45) is 1.00. The van der Waals surface area contributed by atoms with E-state index in [4.69, 9.17) is 9.47 Å². The van der Waals surface area contributed by atoms with Gasteiger partial charge < -0.3 is 9.47 Å². The highest BCUT2D eigenvalue weighted by molar-refractivity contribution is 7.99. The van der Waals surface area contributed by atoms with E-state index in [0.717, 1.165) is 30.1 Å². The Balaban J connectivity index is 2.50. The fraction of sp³-hybridized carbons (Fsp3) is 0.500. The van der Waals surface area contributed by atoms with E-state index in [1.54, 1.807) is 18.9 Å². The number of carbonyl (C=O) groups is 1. The summed E-state index contributed by atoms with van der Waals surface area (Å²) in [6.45, 7) is 0.765. The Kier molecular flexibility index (Phi) is 7.53. The Morgan fingerprint density at radius 3 is 2.61 bits per heavy atom. The SMILES string of the molecule is COCCCSCC(C(=O)OC)c1ccccc1. The maximum Gasteiger partial charge on any atom is 0.313 e. The molecular weight excluding hydrogens is 248 g/mol. The zero-order chi connectivity index (χ0) is 13.2. The van der Waals surface area contributed by atoms with Crippen LogP contribution in [0.3, 0.4) is 0 Å². The molecule has 0 radical (unpaired) electrons. The highest BCUT2D eigenvalue weighted by atomic mass is 32.2. The van der Waals surface area contributed by atoms with Gasteiger partial charge in [0.25, 0.3) is 0 Å². The first-order valence-electron chi connectivity index (χ1n) is 5.99. The number of hydrogen-bond donors (Lipinski definition) is 0. The van der Waals surface area contributed by atoms with Crippen LogP contribution in [-0.4, -0.2) is 38.3 Å². The summed E-state index contributed by atoms with van der Waals surface area (Å²) in [5.74, 6) is 1.40. The first-order valence-corrected chi connectivity index (χ1v) is 7.14. The van der Waals surface area contributed by atoms with E-state index >= 15 is 0 Å². The molecule has 100 valence electrons. The van der Waals surface area contributed by atoms with Crippen LogP contribution in [0.1, 0.15) is 17.9 Å². The predicted octanol–water partition coefficient (Wildman–Crippen LogP) is 2.71. The predicted molar refractivity (Wildman–Crippen MR) is 75.0 cm³/mol. The molecule has 1 aromatic rings. The quantitative estimate of drug-likeness (QED) is 0.536. The van der Waals surface area contributed by atoms with Crippen LogP contribution in [0, 0.1) is 0 Å². The average molecular weight is 268 g/mol. The molecule has 1 unspecified atom stereocenters. The largest absolute Gasteiger partial charge is 0.469 e. The van der Waals surface area contributed by atoms with Crippen LogP contribution in [0.5, 0.6) is 0 Å². The van der Waals surface area contributed by atoms with Crippen LogP contribution in [0.2, 0.25) is 0 Å². The van der Waals surface area contributed by atoms with Gasteiger partial charge in [-0.2, -0.15) is 11.8 Å². The van der Waals surface area contributed by atoms with E-state index < -0.39 is 0 Å². The highest BCUT2D eigenvalue weighted by Crippen LogP contribution is 2.22. The van der Waals surface area contributed by atoms with Crippen LogP contribution >= 0.6 is 11.8 Å². The summed E-state index contributed by atoms with van der Waals surface area (Å²) >= 11 is 1.76. The smallest absolute Gasteiger partial charge is 0.313 e. The molecule has 0 saturated heterocycles. The average Bonchev–Trinajstić information content (AvgIpc) is 2.43. The van der Waals surface area contributed by atoms with Crippen molar-refractivity contribution in [2.45, 2.75) is 12.3 Å². The van der Waals surface area contributed by atoms with E-state index in [9.17, 15) is 4.79 Å². The molecular formula is C14H20O3S. The summed E-state index contributed by atoms with van der Waals surface area (Å²) in [4.78, 5) is 11.8. The Labute approximate surface area is 113 Å². The topological polar surface area (TPSA) is 35.5 Å². The van der Waals surface area contributed by atoms with Crippen molar-refractivity contribution in [3.8, 4) is 0 Å². The third-order valence-corrected chi connectivity index (χ3v) is 3.76. The van der Waals surface area contributed by atoms with E-state index in [2.05, 4.69) is 0 Å². The lowest BCUT2D eigenvalue weighted by atomic mass is 10.0. The molecule has 0 bridgehead atoms. The Morgan fingerprint density at radius 2 is 2.00 bits per heavy atom. The summed E-state index contributed by atoms with van der Waals surface area (Å²) < 4.78 is 9.87. The number of hydrogen-bond acceptors (Lipinski definition) is 4. The molecule has 3 nitrogen and oxygen atoms in total. The van der Waals surface area contributed by atoms with Gasteiger partial charge in [-0.15, -0.1) is 0 Å². The van der Waals surface area contributed by atoms with E-state index in [1.165, 1.54) is 7.11 Å². The molecule has 1 aromatic carbocycles. The Hall–Kier alpha value is -1.00. The van der Waals surface area contributed by atoms with Crippen LogP contribution < -0.4 is 0 Å². The molecule has 0 heterocycles. The maximum atomic E-state index is 11.8. The van der Waals surface area contributed by atoms with Gasteiger partial charge in [0, 0.05) is 19.5 Å². The second kappa shape index (κ2) is 9.00. The third-order valence-electron chi connectivity index (χ3n) is 2.61. The van der Waals surface area contributed by atoms with Gasteiger partial charge in [0.2, 0.25) is 0 Å². The van der Waals surface area contributed by atoms with Gasteiger partial charge in [-0.05, 0) is 17.7 Å². The van der Waals surface area contributed by atoms with Crippen LogP contribution in [0.4, 0.5) is 0 Å². The molecule has 1 atom stereocenters. The van der Waals surface area contributed by atoms with Crippen molar-refractivity contribution < 1.29 is 14.3 Å². The van der Waals surface area contributed by atoms with Gasteiger partial charge in [0.05, 0.1) is 13.0 Å². The minimum absolute atomic E-state index is 0.166. The van der Waals surface area contributed by atoms with Crippen molar-refractivity contribution >= 4 is 17.7 Å². The Bertz CT molecular complexity index is 340. The molecule has 18 heavy (non-hydrogen) atoms. The van der Waals surface area contributed by atoms with Crippen molar-refractivity contribution in [1.29, 1.82) is 0 Å². The minimum Gasteiger partial charge on any atom is -0.469 e. The molecule has 0 fully saturated rings. The van der Waals surface area contributed by atoms with Crippen molar-refractivity contribution in [2.75, 3.05) is 32.3 Å². The molecule has 0 N–H and O–H groups in total. The van der Waals surface area contributed by atoms with Gasteiger partial charge in [-0.1, -0.05) is 30.3 Å². The molecule has 0 aliphatic rings. The Morgan fingerprint density at radius 1 is 1.28 bits per heavy atom. The third kappa shape index (κ3) is 5.10. The molecule has 1 rings (SSSR count). The standard InChI is InChI=1S/C14H20O3S/c1-16-9-6-10-18-11-13(14(15)17-2)12-7-4-3-5-8-12/h3-5,7-8,13H,6,9-11H2,1-2H3. The molecule has 0 spiro atoms. The van der Waals surface area contributed by atoms with Crippen LogP contribution in [0.25, 0.3) is 0 Å². The lowest BCUT2D eigenvalue weighted by molar-refractivity contribution is -0.141. The fourth-order valence-corrected chi connectivity index (χ4v) is 2.69. The van der Waals surface area contributed by atoms with Crippen LogP contribution in [0.15, 0.2) is 30.3 Å². The summed E-state index contributed by atoms with van der Waals surface area (Å²) in [5.41, 5.74) is 1.02. The summed E-state index contributed by atoms with van der Waals surface area (Å²) in [7, 11) is 3.14. The molecule has 0 saturated carbocycles. The van der Waals surface area contributed by atoms with Gasteiger partial charge in [-0.25, -0.2) is 0 Å². The van der Waals surface area contributed by atoms with Gasteiger partial charge in [-0.3, -0.25) is 4.79 Å². The minimum atomic E-state index is -0.177. The van der Waals surface area contributed by atoms with E-state index in [-0.39, 0.29) is 11.9 Å². The number of benzene rings is 1. The highest BCUT2D eigenvalue weighted by Gasteiger charge is 2.20. The van der Waals surface area contributed by atoms with Gasteiger partial charge >= 0.3 is 5.97 Å². The van der Waals surface area contributed by atoms with Crippen molar-refractivity contribution in [3.63, 3.8) is 0 Å². The van der Waals surface area contributed by atoms with Gasteiger partial charge in [0.1, 0.15) is 0 Å². The monoisotopic (exact) mass is 268 g/mol. The number of ether oxygens (including phenoxy) is 2. The fourth-order valence-electron chi connectivity index (χ4n) is 1.63. The zero-order valence-corrected chi connectivity index (χ0v) is 11.7. The molecule has 0 aromatic heterocycles. The maximum absolute atomic E-state index is 11.8. The van der Waals surface area contributed by atoms with E-state index in [1.807, 2.05) is 30.3 Å². The number of esters is 1. The summed E-state index contributed by atoms with van der Waals surface area (Å²) in [5, 5.41) is 0. The molecule has 0 amide bonds. The number of rotatable bonds is 8. The lowest BCUT2D eigenvalue weighted by Gasteiger charge is -2.14. The number of methoxy groups -OCH3 is 2. The first kappa shape index (κ1) is 15.1. The van der Waals surface area contributed by atoms with Crippen molar-refractivity contribution in [3.05, 3.63) is 35.9 Å². The zero-order valence-electron chi connectivity index (χ0n) is 10.9. The molecule has 4 heteroatoms. The first-order chi connectivity index (χ1) is 8.79. The molecule has 0 aliphatic carbocycles. The van der Waals surface area contributed by atoms with Crippen LogP contribution in [-0.2, 0) is 14.3 Å². The molecule has 0 aliphatic heterocycles. The van der Waals surface area contributed by atoms with E-state index in [0.29, 0.717) is 0 Å². The summed E-state index contributed by atoms with van der Waals surface area (Å²) in [6, 6.07) is 9.78. The normalized spacial score (nSPS) is 12.1. The second-order valence-electron chi connectivity index (χ2n) is 3.91. The van der Waals surface area contributed by atoms with Crippen molar-refractivity contribution in [1.82, 2.24) is 0 Å². The van der Waals surface area contributed by atoms with Crippen molar-refractivity contribution in [2.24, 2.45) is 0 Å². The lowest BCUT2D eigenvalue weighted by Crippen LogP contribution is -2.17. The number of thioether (sulfide) groups is 1. The second-order valence-corrected chi connectivity index (χ2v) is 5.06.